The molecule has 0 saturated carbocycles. The maximum absolute atomic E-state index is 5.08. The Labute approximate surface area is 101 Å². The van der Waals surface area contributed by atoms with Gasteiger partial charge in [0.1, 0.15) is 0 Å². The molecule has 2 atom stereocenters. The minimum absolute atomic E-state index is 0.736. The summed E-state index contributed by atoms with van der Waals surface area (Å²) in [6.45, 7) is 9.06. The number of ether oxygens (including phenoxy) is 1. The Balaban J connectivity index is 2.15. The van der Waals surface area contributed by atoms with E-state index in [1.807, 2.05) is 0 Å². The van der Waals surface area contributed by atoms with Gasteiger partial charge in [0, 0.05) is 25.8 Å². The molecule has 3 nitrogen and oxygen atoms in total. The Kier molecular flexibility index (Phi) is 7.01. The molecule has 2 unspecified atom stereocenters. The van der Waals surface area contributed by atoms with Crippen molar-refractivity contribution < 1.29 is 4.74 Å². The van der Waals surface area contributed by atoms with E-state index < -0.39 is 0 Å². The summed E-state index contributed by atoms with van der Waals surface area (Å²) in [5.41, 5.74) is 0. The zero-order chi connectivity index (χ0) is 11.8. The average molecular weight is 228 g/mol. The highest BCUT2D eigenvalue weighted by Gasteiger charge is 2.23. The Morgan fingerprint density at radius 2 is 2.19 bits per heavy atom. The van der Waals surface area contributed by atoms with E-state index >= 15 is 0 Å². The van der Waals surface area contributed by atoms with Crippen molar-refractivity contribution in [3.8, 4) is 0 Å². The molecular weight excluding hydrogens is 200 g/mol. The molecule has 0 spiro atoms. The van der Waals surface area contributed by atoms with Gasteiger partial charge in [-0.05, 0) is 52.2 Å². The van der Waals surface area contributed by atoms with E-state index in [1.165, 1.54) is 38.8 Å². The van der Waals surface area contributed by atoms with Crippen LogP contribution in [0.4, 0.5) is 0 Å². The van der Waals surface area contributed by atoms with Gasteiger partial charge >= 0.3 is 0 Å². The standard InChI is InChI=1S/C13H28N2O/c1-4-14-13-7-9-15(12(2)11-13)8-5-6-10-16-3/h12-14H,4-11H2,1-3H3. The van der Waals surface area contributed by atoms with E-state index in [0.29, 0.717) is 0 Å². The predicted octanol–water partition coefficient (Wildman–Crippen LogP) is 1.88. The quantitative estimate of drug-likeness (QED) is 0.673. The highest BCUT2D eigenvalue weighted by Crippen LogP contribution is 2.17. The highest BCUT2D eigenvalue weighted by atomic mass is 16.5. The third-order valence-corrected chi connectivity index (χ3v) is 3.55. The summed E-state index contributed by atoms with van der Waals surface area (Å²) in [5.74, 6) is 0. The van der Waals surface area contributed by atoms with Gasteiger partial charge in [0.15, 0.2) is 0 Å². The fourth-order valence-electron chi connectivity index (χ4n) is 2.59. The Hall–Kier alpha value is -0.120. The molecule has 1 rings (SSSR count). The second-order valence-corrected chi connectivity index (χ2v) is 4.86. The van der Waals surface area contributed by atoms with Crippen LogP contribution in [0.25, 0.3) is 0 Å². The minimum atomic E-state index is 0.736. The van der Waals surface area contributed by atoms with Crippen LogP contribution in [-0.2, 0) is 4.74 Å². The number of unbranched alkanes of at least 4 members (excludes halogenated alkanes) is 1. The molecule has 1 heterocycles. The largest absolute Gasteiger partial charge is 0.385 e. The van der Waals surface area contributed by atoms with Gasteiger partial charge in [-0.15, -0.1) is 0 Å². The third-order valence-electron chi connectivity index (χ3n) is 3.55. The molecule has 1 aliphatic rings. The van der Waals surface area contributed by atoms with Crippen molar-refractivity contribution in [2.24, 2.45) is 0 Å². The van der Waals surface area contributed by atoms with Crippen LogP contribution in [0, 0.1) is 0 Å². The molecule has 3 heteroatoms. The minimum Gasteiger partial charge on any atom is -0.385 e. The number of piperidine rings is 1. The van der Waals surface area contributed by atoms with Crippen LogP contribution in [0.3, 0.4) is 0 Å². The highest BCUT2D eigenvalue weighted by molar-refractivity contribution is 4.82. The fraction of sp³-hybridized carbons (Fsp3) is 1.00. The smallest absolute Gasteiger partial charge is 0.0462 e. The first-order chi connectivity index (χ1) is 7.77. The topological polar surface area (TPSA) is 24.5 Å². The lowest BCUT2D eigenvalue weighted by Crippen LogP contribution is -2.47. The number of nitrogens with zero attached hydrogens (tertiary/aromatic N) is 1. The van der Waals surface area contributed by atoms with Crippen LogP contribution in [0.5, 0.6) is 0 Å². The molecule has 0 aromatic rings. The molecular formula is C13H28N2O. The van der Waals surface area contributed by atoms with Gasteiger partial charge in [-0.25, -0.2) is 0 Å². The molecule has 96 valence electrons. The van der Waals surface area contributed by atoms with E-state index in [-0.39, 0.29) is 0 Å². The second-order valence-electron chi connectivity index (χ2n) is 4.86. The van der Waals surface area contributed by atoms with Crippen molar-refractivity contribution in [1.82, 2.24) is 10.2 Å². The van der Waals surface area contributed by atoms with E-state index in [1.54, 1.807) is 7.11 Å². The zero-order valence-electron chi connectivity index (χ0n) is 11.2. The van der Waals surface area contributed by atoms with Crippen molar-refractivity contribution >= 4 is 0 Å². The Morgan fingerprint density at radius 3 is 2.81 bits per heavy atom. The van der Waals surface area contributed by atoms with Gasteiger partial charge in [-0.1, -0.05) is 6.92 Å². The molecule has 0 aromatic carbocycles. The van der Waals surface area contributed by atoms with Gasteiger partial charge in [0.25, 0.3) is 0 Å². The zero-order valence-corrected chi connectivity index (χ0v) is 11.2. The van der Waals surface area contributed by atoms with Crippen LogP contribution in [0.15, 0.2) is 0 Å². The number of likely N-dealkylation sites (tertiary alicyclic amines) is 1. The predicted molar refractivity (Wildman–Crippen MR) is 68.8 cm³/mol. The van der Waals surface area contributed by atoms with E-state index in [0.717, 1.165) is 25.2 Å². The van der Waals surface area contributed by atoms with Crippen LogP contribution in [-0.4, -0.2) is 50.3 Å². The number of hydrogen-bond acceptors (Lipinski definition) is 3. The third kappa shape index (κ3) is 4.81. The lowest BCUT2D eigenvalue weighted by atomic mass is 9.98. The molecule has 0 amide bonds. The van der Waals surface area contributed by atoms with Crippen LogP contribution in [0.2, 0.25) is 0 Å². The van der Waals surface area contributed by atoms with Crippen LogP contribution < -0.4 is 5.32 Å². The summed E-state index contributed by atoms with van der Waals surface area (Å²) in [5, 5.41) is 3.57. The van der Waals surface area contributed by atoms with Crippen LogP contribution >= 0.6 is 0 Å². The van der Waals surface area contributed by atoms with Gasteiger partial charge < -0.3 is 15.0 Å². The monoisotopic (exact) mass is 228 g/mol. The summed E-state index contributed by atoms with van der Waals surface area (Å²) < 4.78 is 5.08. The molecule has 1 aliphatic heterocycles. The van der Waals surface area contributed by atoms with Crippen LogP contribution in [0.1, 0.15) is 39.5 Å². The first-order valence-corrected chi connectivity index (χ1v) is 6.74. The second kappa shape index (κ2) is 8.04. The van der Waals surface area contributed by atoms with Crippen molar-refractivity contribution in [2.75, 3.05) is 33.4 Å². The van der Waals surface area contributed by atoms with E-state index in [2.05, 4.69) is 24.1 Å². The molecule has 0 aliphatic carbocycles. The molecule has 1 fully saturated rings. The lowest BCUT2D eigenvalue weighted by molar-refractivity contribution is 0.127. The Bertz CT molecular complexity index is 173. The number of methoxy groups -OCH3 is 1. The van der Waals surface area contributed by atoms with Gasteiger partial charge in [-0.2, -0.15) is 0 Å². The van der Waals surface area contributed by atoms with Crippen molar-refractivity contribution in [2.45, 2.75) is 51.6 Å². The number of rotatable bonds is 7. The summed E-state index contributed by atoms with van der Waals surface area (Å²) in [6.07, 6.45) is 5.07. The first kappa shape index (κ1) is 13.9. The van der Waals surface area contributed by atoms with Crippen molar-refractivity contribution in [3.05, 3.63) is 0 Å². The molecule has 1 N–H and O–H groups in total. The molecule has 0 radical (unpaired) electrons. The number of hydrogen-bond donors (Lipinski definition) is 1. The van der Waals surface area contributed by atoms with Crippen molar-refractivity contribution in [3.63, 3.8) is 0 Å². The van der Waals surface area contributed by atoms with E-state index in [9.17, 15) is 0 Å². The SMILES string of the molecule is CCNC1CCN(CCCCOC)C(C)C1. The maximum atomic E-state index is 5.08. The summed E-state index contributed by atoms with van der Waals surface area (Å²) in [4.78, 5) is 2.63. The van der Waals surface area contributed by atoms with E-state index in [4.69, 9.17) is 4.74 Å². The summed E-state index contributed by atoms with van der Waals surface area (Å²) in [6, 6.07) is 1.48. The molecule has 0 aromatic heterocycles. The van der Waals surface area contributed by atoms with Gasteiger partial charge in [-0.3, -0.25) is 0 Å². The average Bonchev–Trinajstić information content (AvgIpc) is 2.27. The fourth-order valence-corrected chi connectivity index (χ4v) is 2.59. The number of nitrogens with one attached hydrogen (secondary N) is 1. The normalized spacial score (nSPS) is 27.2. The summed E-state index contributed by atoms with van der Waals surface area (Å²) >= 11 is 0. The van der Waals surface area contributed by atoms with Gasteiger partial charge in [0.05, 0.1) is 0 Å². The Morgan fingerprint density at radius 1 is 1.38 bits per heavy atom. The maximum Gasteiger partial charge on any atom is 0.0462 e. The molecule has 1 saturated heterocycles. The lowest BCUT2D eigenvalue weighted by Gasteiger charge is -2.38. The molecule has 0 bridgehead atoms. The molecule has 16 heavy (non-hydrogen) atoms. The van der Waals surface area contributed by atoms with Crippen molar-refractivity contribution in [1.29, 1.82) is 0 Å². The first-order valence-electron chi connectivity index (χ1n) is 6.74. The summed E-state index contributed by atoms with van der Waals surface area (Å²) in [7, 11) is 1.78. The van der Waals surface area contributed by atoms with Gasteiger partial charge in [0.2, 0.25) is 0 Å².